The van der Waals surface area contributed by atoms with Crippen LogP contribution in [0.1, 0.15) is 26.3 Å². The van der Waals surface area contributed by atoms with Gasteiger partial charge in [-0.05, 0) is 0 Å². The fourth-order valence-electron chi connectivity index (χ4n) is 1.16. The van der Waals surface area contributed by atoms with E-state index in [0.29, 0.717) is 18.1 Å². The Labute approximate surface area is 106 Å². The Balaban J connectivity index is 2.36. The summed E-state index contributed by atoms with van der Waals surface area (Å²) >= 11 is 1.62. The molecule has 0 fully saturated rings. The molecule has 96 valence electrons. The van der Waals surface area contributed by atoms with Crippen molar-refractivity contribution in [3.05, 3.63) is 11.8 Å². The van der Waals surface area contributed by atoms with Crippen LogP contribution in [0.2, 0.25) is 0 Å². The summed E-state index contributed by atoms with van der Waals surface area (Å²) in [4.78, 5) is 11.6. The Kier molecular flexibility index (Phi) is 4.45. The van der Waals surface area contributed by atoms with Gasteiger partial charge in [0.2, 0.25) is 5.91 Å². The van der Waals surface area contributed by atoms with Gasteiger partial charge in [0.05, 0.1) is 11.9 Å². The number of nitrogens with zero attached hydrogens (tertiary/aromatic N) is 2. The summed E-state index contributed by atoms with van der Waals surface area (Å²) in [5.74, 6) is 1.07. The second-order valence-corrected chi connectivity index (χ2v) is 6.66. The molecule has 17 heavy (non-hydrogen) atoms. The molecular weight excluding hydrogens is 236 g/mol. The first-order chi connectivity index (χ1) is 7.79. The molecule has 5 nitrogen and oxygen atoms in total. The van der Waals surface area contributed by atoms with Crippen LogP contribution in [0.15, 0.2) is 6.20 Å². The molecule has 1 heterocycles. The van der Waals surface area contributed by atoms with E-state index in [1.807, 2.05) is 0 Å². The van der Waals surface area contributed by atoms with Crippen molar-refractivity contribution in [2.75, 3.05) is 11.5 Å². The van der Waals surface area contributed by atoms with Crippen LogP contribution in [0.25, 0.3) is 0 Å². The topological polar surface area (TPSA) is 72.9 Å². The molecule has 1 aromatic rings. The van der Waals surface area contributed by atoms with Gasteiger partial charge >= 0.3 is 0 Å². The lowest BCUT2D eigenvalue weighted by atomic mass is 10.3. The summed E-state index contributed by atoms with van der Waals surface area (Å²) in [6.07, 6.45) is 1.67. The molecule has 0 aliphatic carbocycles. The Hall–Kier alpha value is -1.17. The van der Waals surface area contributed by atoms with Crippen molar-refractivity contribution in [1.29, 1.82) is 0 Å². The Morgan fingerprint density at radius 3 is 2.71 bits per heavy atom. The fraction of sp³-hybridized carbons (Fsp3) is 0.636. The third kappa shape index (κ3) is 4.68. The SMILES string of the molecule is Cn1ncc(CNC(=O)CSC(C)(C)C)c1N. The monoisotopic (exact) mass is 256 g/mol. The molecule has 0 radical (unpaired) electrons. The number of hydrogen-bond donors (Lipinski definition) is 2. The van der Waals surface area contributed by atoms with E-state index in [2.05, 4.69) is 31.2 Å². The van der Waals surface area contributed by atoms with Crippen molar-refractivity contribution in [3.63, 3.8) is 0 Å². The van der Waals surface area contributed by atoms with E-state index in [1.54, 1.807) is 29.7 Å². The predicted octanol–water partition coefficient (Wildman–Crippen LogP) is 1.15. The van der Waals surface area contributed by atoms with Crippen molar-refractivity contribution in [2.45, 2.75) is 32.1 Å². The maximum atomic E-state index is 11.6. The number of nitrogens with two attached hydrogens (primary N) is 1. The smallest absolute Gasteiger partial charge is 0.230 e. The summed E-state index contributed by atoms with van der Waals surface area (Å²) in [6, 6.07) is 0. The molecule has 0 aromatic carbocycles. The molecule has 0 aliphatic heterocycles. The lowest BCUT2D eigenvalue weighted by Gasteiger charge is -2.16. The van der Waals surface area contributed by atoms with Gasteiger partial charge in [-0.3, -0.25) is 9.48 Å². The maximum Gasteiger partial charge on any atom is 0.230 e. The quantitative estimate of drug-likeness (QED) is 0.847. The highest BCUT2D eigenvalue weighted by molar-refractivity contribution is 8.01. The van der Waals surface area contributed by atoms with E-state index in [4.69, 9.17) is 5.73 Å². The lowest BCUT2D eigenvalue weighted by Crippen LogP contribution is -2.26. The molecule has 3 N–H and O–H groups in total. The Bertz CT molecular complexity index is 395. The number of hydrogen-bond acceptors (Lipinski definition) is 4. The fourth-order valence-corrected chi connectivity index (χ4v) is 1.82. The lowest BCUT2D eigenvalue weighted by molar-refractivity contribution is -0.118. The molecular formula is C11H20N4OS. The van der Waals surface area contributed by atoms with Crippen LogP contribution >= 0.6 is 11.8 Å². The number of amides is 1. The van der Waals surface area contributed by atoms with Crippen molar-refractivity contribution >= 4 is 23.5 Å². The first-order valence-corrected chi connectivity index (χ1v) is 6.45. The average molecular weight is 256 g/mol. The molecule has 0 bridgehead atoms. The molecule has 1 rings (SSSR count). The minimum atomic E-state index is 0.0215. The molecule has 1 aromatic heterocycles. The third-order valence-corrected chi connectivity index (χ3v) is 3.45. The summed E-state index contributed by atoms with van der Waals surface area (Å²) in [6.45, 7) is 6.70. The van der Waals surface area contributed by atoms with Gasteiger partial charge in [0.25, 0.3) is 0 Å². The van der Waals surface area contributed by atoms with E-state index in [-0.39, 0.29) is 10.7 Å². The Morgan fingerprint density at radius 1 is 1.59 bits per heavy atom. The second kappa shape index (κ2) is 5.44. The molecule has 6 heteroatoms. The zero-order valence-corrected chi connectivity index (χ0v) is 11.6. The van der Waals surface area contributed by atoms with Crippen LogP contribution in [0.4, 0.5) is 5.82 Å². The Morgan fingerprint density at radius 2 is 2.24 bits per heavy atom. The van der Waals surface area contributed by atoms with E-state index < -0.39 is 0 Å². The highest BCUT2D eigenvalue weighted by atomic mass is 32.2. The zero-order chi connectivity index (χ0) is 13.1. The summed E-state index contributed by atoms with van der Waals surface area (Å²) < 4.78 is 1.69. The van der Waals surface area contributed by atoms with Crippen molar-refractivity contribution in [1.82, 2.24) is 15.1 Å². The van der Waals surface area contributed by atoms with Gasteiger partial charge in [-0.15, -0.1) is 11.8 Å². The first kappa shape index (κ1) is 13.9. The van der Waals surface area contributed by atoms with Crippen molar-refractivity contribution in [2.24, 2.45) is 7.05 Å². The molecule has 0 atom stereocenters. The molecule has 0 saturated carbocycles. The summed E-state index contributed by atoms with van der Waals surface area (Å²) in [5.41, 5.74) is 6.62. The number of carbonyl (C=O) groups excluding carboxylic acids is 1. The largest absolute Gasteiger partial charge is 0.384 e. The van der Waals surface area contributed by atoms with Crippen molar-refractivity contribution in [3.8, 4) is 0 Å². The summed E-state index contributed by atoms with van der Waals surface area (Å²) in [5, 5.41) is 6.85. The number of nitrogens with one attached hydrogen (secondary N) is 1. The first-order valence-electron chi connectivity index (χ1n) is 5.46. The van der Waals surface area contributed by atoms with Gasteiger partial charge in [-0.2, -0.15) is 5.10 Å². The molecule has 1 amide bonds. The number of aryl methyl sites for hydroxylation is 1. The van der Waals surface area contributed by atoms with E-state index in [9.17, 15) is 4.79 Å². The standard InChI is InChI=1S/C11H20N4OS/c1-11(2,3)17-7-9(16)13-5-8-6-14-15(4)10(8)12/h6H,5,7,12H2,1-4H3,(H,13,16). The highest BCUT2D eigenvalue weighted by Crippen LogP contribution is 2.22. The zero-order valence-electron chi connectivity index (χ0n) is 10.8. The highest BCUT2D eigenvalue weighted by Gasteiger charge is 2.13. The van der Waals surface area contributed by atoms with Crippen LogP contribution in [0, 0.1) is 0 Å². The number of anilines is 1. The average Bonchev–Trinajstić information content (AvgIpc) is 2.53. The minimum absolute atomic E-state index is 0.0215. The van der Waals surface area contributed by atoms with Gasteiger partial charge in [0, 0.05) is 23.9 Å². The van der Waals surface area contributed by atoms with Gasteiger partial charge in [-0.1, -0.05) is 20.8 Å². The molecule has 0 unspecified atom stereocenters. The van der Waals surface area contributed by atoms with E-state index >= 15 is 0 Å². The molecule has 0 aliphatic rings. The van der Waals surface area contributed by atoms with Crippen LogP contribution in [-0.2, 0) is 18.4 Å². The molecule has 0 saturated heterocycles. The van der Waals surface area contributed by atoms with Gasteiger partial charge in [-0.25, -0.2) is 0 Å². The van der Waals surface area contributed by atoms with Crippen LogP contribution < -0.4 is 11.1 Å². The minimum Gasteiger partial charge on any atom is -0.384 e. The number of rotatable bonds is 4. The van der Waals surface area contributed by atoms with Gasteiger partial charge in [0.15, 0.2) is 0 Å². The second-order valence-electron chi connectivity index (χ2n) is 4.86. The van der Waals surface area contributed by atoms with E-state index in [1.165, 1.54) is 0 Å². The predicted molar refractivity (Wildman–Crippen MR) is 71.7 cm³/mol. The number of thioether (sulfide) groups is 1. The summed E-state index contributed by atoms with van der Waals surface area (Å²) in [7, 11) is 1.77. The van der Waals surface area contributed by atoms with Crippen LogP contribution in [0.3, 0.4) is 0 Å². The van der Waals surface area contributed by atoms with Gasteiger partial charge in [0.1, 0.15) is 5.82 Å². The van der Waals surface area contributed by atoms with Crippen LogP contribution in [0.5, 0.6) is 0 Å². The van der Waals surface area contributed by atoms with Crippen molar-refractivity contribution < 1.29 is 4.79 Å². The van der Waals surface area contributed by atoms with E-state index in [0.717, 1.165) is 5.56 Å². The number of carbonyl (C=O) groups is 1. The normalized spacial score (nSPS) is 11.5. The van der Waals surface area contributed by atoms with Gasteiger partial charge < -0.3 is 11.1 Å². The number of nitrogen functional groups attached to an aromatic ring is 1. The molecule has 0 spiro atoms. The van der Waals surface area contributed by atoms with Crippen LogP contribution in [-0.4, -0.2) is 26.2 Å². The number of aromatic nitrogens is 2. The maximum absolute atomic E-state index is 11.6. The third-order valence-electron chi connectivity index (χ3n) is 2.18.